The minimum Gasteiger partial charge on any atom is -0.494 e. The monoisotopic (exact) mass is 485 g/mol. The van der Waals surface area contributed by atoms with Gasteiger partial charge < -0.3 is 9.47 Å². The normalized spacial score (nSPS) is 30.1. The lowest BCUT2D eigenvalue weighted by molar-refractivity contribution is -0.153. The highest BCUT2D eigenvalue weighted by molar-refractivity contribution is 6.09. The van der Waals surface area contributed by atoms with Crippen LogP contribution in [0.25, 0.3) is 0 Å². The number of hydrogen-bond acceptors (Lipinski definition) is 5. The molecule has 1 saturated heterocycles. The number of nitrogens with zero attached hydrogens (tertiary/aromatic N) is 1. The van der Waals surface area contributed by atoms with Crippen LogP contribution >= 0.6 is 0 Å². The van der Waals surface area contributed by atoms with Gasteiger partial charge in [-0.25, -0.2) is 4.79 Å². The van der Waals surface area contributed by atoms with Crippen molar-refractivity contribution in [2.45, 2.75) is 38.6 Å². The summed E-state index contributed by atoms with van der Waals surface area (Å²) in [6.45, 7) is 2.74. The van der Waals surface area contributed by atoms with Crippen molar-refractivity contribution in [3.05, 3.63) is 72.3 Å². The van der Waals surface area contributed by atoms with Gasteiger partial charge >= 0.3 is 5.97 Å². The van der Waals surface area contributed by atoms with E-state index in [0.29, 0.717) is 29.9 Å². The number of ether oxygens (including phenoxy) is 2. The zero-order valence-corrected chi connectivity index (χ0v) is 20.4. The van der Waals surface area contributed by atoms with Crippen LogP contribution in [0.2, 0.25) is 0 Å². The van der Waals surface area contributed by atoms with Crippen LogP contribution in [-0.4, -0.2) is 35.3 Å². The van der Waals surface area contributed by atoms with E-state index in [1.54, 1.807) is 24.3 Å². The molecule has 1 heterocycles. The molecule has 0 aromatic heterocycles. The van der Waals surface area contributed by atoms with Gasteiger partial charge in [0.05, 0.1) is 18.4 Å². The highest BCUT2D eigenvalue weighted by Crippen LogP contribution is 2.65. The number of hydrogen-bond donors (Lipinski definition) is 0. The Bertz CT molecular complexity index is 1150. The zero-order valence-electron chi connectivity index (χ0n) is 20.4. The standard InChI is InChI=1S/C30H31NO5/c1-2-3-15-35-19-9-11-20(12-10-19)36-30(34)25(16-18-7-5-4-6-8-18)31-28(32)26-21-13-14-22(24-17-23(21)24)27(26)29(31)33/h4-14,21-27H,2-3,15-17H2,1H3/t21-,22-,23-,24-,25-,26-,27+/m1/s1. The second kappa shape index (κ2) is 9.23. The van der Waals surface area contributed by atoms with Gasteiger partial charge in [-0.2, -0.15) is 0 Å². The fraction of sp³-hybridized carbons (Fsp3) is 0.433. The van der Waals surface area contributed by atoms with Crippen molar-refractivity contribution in [3.63, 3.8) is 0 Å². The van der Waals surface area contributed by atoms with Crippen LogP contribution in [-0.2, 0) is 20.8 Å². The van der Waals surface area contributed by atoms with Gasteiger partial charge in [-0.1, -0.05) is 55.8 Å². The summed E-state index contributed by atoms with van der Waals surface area (Å²) in [5.74, 6) is 0.596. The number of carbonyl (C=O) groups is 3. The molecule has 7 rings (SSSR count). The van der Waals surface area contributed by atoms with E-state index >= 15 is 0 Å². The molecule has 0 radical (unpaired) electrons. The van der Waals surface area contributed by atoms with E-state index in [0.717, 1.165) is 24.8 Å². The van der Waals surface area contributed by atoms with Crippen LogP contribution in [0.5, 0.6) is 11.5 Å². The molecule has 2 aromatic carbocycles. The Morgan fingerprint density at radius 1 is 0.917 bits per heavy atom. The van der Waals surface area contributed by atoms with E-state index in [4.69, 9.17) is 9.47 Å². The van der Waals surface area contributed by atoms with E-state index in [1.807, 2.05) is 30.3 Å². The maximum absolute atomic E-state index is 13.7. The second-order valence-corrected chi connectivity index (χ2v) is 10.5. The number of imide groups is 1. The van der Waals surface area contributed by atoms with E-state index in [2.05, 4.69) is 19.1 Å². The number of benzene rings is 2. The Balaban J connectivity index is 1.24. The molecule has 2 aromatic rings. The maximum atomic E-state index is 13.7. The van der Waals surface area contributed by atoms with E-state index < -0.39 is 12.0 Å². The molecular weight excluding hydrogens is 454 g/mol. The number of rotatable bonds is 9. The molecule has 186 valence electrons. The number of likely N-dealkylation sites (tertiary alicyclic amines) is 1. The molecule has 6 nitrogen and oxygen atoms in total. The molecular formula is C30H31NO5. The summed E-state index contributed by atoms with van der Waals surface area (Å²) in [5.41, 5.74) is 0.874. The summed E-state index contributed by atoms with van der Waals surface area (Å²) in [4.78, 5) is 42.2. The molecule has 0 N–H and O–H groups in total. The minimum atomic E-state index is -1.01. The molecule has 7 atom stereocenters. The van der Waals surface area contributed by atoms with Crippen molar-refractivity contribution in [1.29, 1.82) is 0 Å². The predicted molar refractivity (Wildman–Crippen MR) is 133 cm³/mol. The van der Waals surface area contributed by atoms with E-state index in [-0.39, 0.29) is 41.9 Å². The van der Waals surface area contributed by atoms with Crippen molar-refractivity contribution in [2.24, 2.45) is 35.5 Å². The molecule has 5 aliphatic rings. The first kappa shape index (κ1) is 23.0. The van der Waals surface area contributed by atoms with E-state index in [9.17, 15) is 14.4 Å². The zero-order chi connectivity index (χ0) is 24.8. The van der Waals surface area contributed by atoms with Gasteiger partial charge in [0, 0.05) is 6.42 Å². The average molecular weight is 486 g/mol. The van der Waals surface area contributed by atoms with Gasteiger partial charge in [0.1, 0.15) is 17.5 Å². The van der Waals surface area contributed by atoms with Crippen LogP contribution in [0.1, 0.15) is 31.7 Å². The lowest BCUT2D eigenvalue weighted by Crippen LogP contribution is -2.48. The van der Waals surface area contributed by atoms with Crippen molar-refractivity contribution in [2.75, 3.05) is 6.61 Å². The number of esters is 1. The number of amides is 2. The molecule has 2 bridgehead atoms. The summed E-state index contributed by atoms with van der Waals surface area (Å²) in [6.07, 6.45) is 7.63. The smallest absolute Gasteiger partial charge is 0.335 e. The topological polar surface area (TPSA) is 72.9 Å². The van der Waals surface area contributed by atoms with Gasteiger partial charge in [-0.3, -0.25) is 14.5 Å². The summed E-state index contributed by atoms with van der Waals surface area (Å²) in [5, 5.41) is 0. The van der Waals surface area contributed by atoms with Gasteiger partial charge in [0.15, 0.2) is 0 Å². The van der Waals surface area contributed by atoms with Crippen LogP contribution in [0.15, 0.2) is 66.7 Å². The third-order valence-corrected chi connectivity index (χ3v) is 8.36. The van der Waals surface area contributed by atoms with Gasteiger partial charge in [-0.15, -0.1) is 0 Å². The lowest BCUT2D eigenvalue weighted by atomic mass is 9.63. The Morgan fingerprint density at radius 3 is 2.14 bits per heavy atom. The third kappa shape index (κ3) is 3.93. The molecule has 3 fully saturated rings. The molecule has 6 heteroatoms. The molecule has 2 saturated carbocycles. The fourth-order valence-electron chi connectivity index (χ4n) is 6.53. The fourth-order valence-corrected chi connectivity index (χ4v) is 6.53. The lowest BCUT2D eigenvalue weighted by Gasteiger charge is -2.37. The quantitative estimate of drug-likeness (QED) is 0.173. The Labute approximate surface area is 211 Å². The maximum Gasteiger partial charge on any atom is 0.335 e. The third-order valence-electron chi connectivity index (χ3n) is 8.36. The molecule has 2 amide bonds. The van der Waals surface area contributed by atoms with Crippen LogP contribution in [0, 0.1) is 35.5 Å². The minimum absolute atomic E-state index is 0.111. The van der Waals surface area contributed by atoms with Gasteiger partial charge in [-0.05, 0) is 66.3 Å². The first-order valence-corrected chi connectivity index (χ1v) is 13.1. The highest BCUT2D eigenvalue weighted by Gasteiger charge is 2.68. The molecule has 4 aliphatic carbocycles. The summed E-state index contributed by atoms with van der Waals surface area (Å²) in [6, 6.07) is 15.4. The largest absolute Gasteiger partial charge is 0.494 e. The van der Waals surface area contributed by atoms with Crippen molar-refractivity contribution in [1.82, 2.24) is 4.90 Å². The van der Waals surface area contributed by atoms with Crippen LogP contribution in [0.3, 0.4) is 0 Å². The predicted octanol–water partition coefficient (Wildman–Crippen LogP) is 4.44. The Morgan fingerprint density at radius 2 is 1.53 bits per heavy atom. The van der Waals surface area contributed by atoms with Gasteiger partial charge in [0.2, 0.25) is 11.8 Å². The average Bonchev–Trinajstić information content (AvgIpc) is 3.68. The van der Waals surface area contributed by atoms with Crippen molar-refractivity contribution >= 4 is 17.8 Å². The summed E-state index contributed by atoms with van der Waals surface area (Å²) < 4.78 is 11.4. The van der Waals surface area contributed by atoms with E-state index in [1.165, 1.54) is 4.90 Å². The van der Waals surface area contributed by atoms with Crippen LogP contribution in [0.4, 0.5) is 0 Å². The second-order valence-electron chi connectivity index (χ2n) is 10.5. The molecule has 0 unspecified atom stereocenters. The van der Waals surface area contributed by atoms with Crippen molar-refractivity contribution < 1.29 is 23.9 Å². The Kier molecular flexibility index (Phi) is 5.90. The SMILES string of the molecule is CCCCOc1ccc(OC(=O)[C@@H](Cc2ccccc2)N2C(=O)[C@@H]3[C@@H]4C=C[C@H]([C@H]5C[C@H]45)[C@@H]3C2=O)cc1. The molecule has 1 aliphatic heterocycles. The van der Waals surface area contributed by atoms with Gasteiger partial charge in [0.25, 0.3) is 0 Å². The summed E-state index contributed by atoms with van der Waals surface area (Å²) >= 11 is 0. The number of unbranched alkanes of at least 4 members (excludes halogenated alkanes) is 1. The highest BCUT2D eigenvalue weighted by atomic mass is 16.5. The first-order chi connectivity index (χ1) is 17.6. The van der Waals surface area contributed by atoms with Crippen LogP contribution < -0.4 is 9.47 Å². The van der Waals surface area contributed by atoms with Crippen molar-refractivity contribution in [3.8, 4) is 11.5 Å². The number of carbonyl (C=O) groups excluding carboxylic acids is 3. The molecule has 0 spiro atoms. The summed E-state index contributed by atoms with van der Waals surface area (Å²) in [7, 11) is 0. The number of allylic oxidation sites excluding steroid dienone is 2. The molecule has 36 heavy (non-hydrogen) atoms. The first-order valence-electron chi connectivity index (χ1n) is 13.1. The Hall–Kier alpha value is -3.41.